The number of carbonyl (C=O) groups is 1. The molecule has 0 unspecified atom stereocenters. The lowest BCUT2D eigenvalue weighted by molar-refractivity contribution is -0.135. The number of halogens is 2. The van der Waals surface area contributed by atoms with Gasteiger partial charge in [-0.15, -0.1) is 11.3 Å². The third-order valence-electron chi connectivity index (χ3n) is 4.71. The van der Waals surface area contributed by atoms with Crippen molar-refractivity contribution in [3.63, 3.8) is 0 Å². The van der Waals surface area contributed by atoms with Crippen LogP contribution in [-0.4, -0.2) is 23.9 Å². The Bertz CT molecular complexity index is 1330. The number of nitrogens with zero attached hydrogens (tertiary/aromatic N) is 1. The molecule has 0 bridgehead atoms. The number of hydrogen-bond donors (Lipinski definition) is 0. The normalized spacial score (nSPS) is 14.2. The summed E-state index contributed by atoms with van der Waals surface area (Å²) in [6.45, 7) is 2.52. The number of thiazole rings is 1. The third kappa shape index (κ3) is 4.93. The number of hydrogen-bond acceptors (Lipinski definition) is 6. The summed E-state index contributed by atoms with van der Waals surface area (Å²) < 4.78 is 31.5. The van der Waals surface area contributed by atoms with Crippen LogP contribution >= 0.6 is 22.9 Å². The molecule has 4 rings (SSSR count). The van der Waals surface area contributed by atoms with Crippen molar-refractivity contribution >= 4 is 41.1 Å². The molecular formula is C23H19ClFNO5S. The summed E-state index contributed by atoms with van der Waals surface area (Å²) in [5, 5.41) is 0.491. The number of aromatic nitrogens is 1. The highest BCUT2D eigenvalue weighted by atomic mass is 35.5. The molecule has 3 aromatic rings. The number of rotatable bonds is 5. The van der Waals surface area contributed by atoms with E-state index in [4.69, 9.17) is 25.8 Å². The molecule has 0 fully saturated rings. The summed E-state index contributed by atoms with van der Waals surface area (Å²) >= 11 is 7.41. The zero-order valence-electron chi connectivity index (χ0n) is 17.1. The van der Waals surface area contributed by atoms with Gasteiger partial charge >= 0.3 is 5.97 Å². The predicted octanol–water partition coefficient (Wildman–Crippen LogP) is 2.79. The zero-order chi connectivity index (χ0) is 22.7. The van der Waals surface area contributed by atoms with Crippen molar-refractivity contribution in [2.24, 2.45) is 0 Å². The lowest BCUT2D eigenvalue weighted by Crippen LogP contribution is -2.32. The fourth-order valence-corrected chi connectivity index (χ4v) is 4.63. The highest BCUT2D eigenvalue weighted by Gasteiger charge is 2.18. The van der Waals surface area contributed by atoms with E-state index in [9.17, 15) is 14.0 Å². The fraction of sp³-hybridized carbons (Fsp3) is 0.217. The second-order valence-corrected chi connectivity index (χ2v) is 8.45. The summed E-state index contributed by atoms with van der Waals surface area (Å²) in [5.41, 5.74) is 1.86. The minimum atomic E-state index is -0.548. The van der Waals surface area contributed by atoms with Crippen molar-refractivity contribution < 1.29 is 23.4 Å². The molecule has 0 amide bonds. The largest absolute Gasteiger partial charge is 0.467 e. The summed E-state index contributed by atoms with van der Waals surface area (Å²) in [6, 6.07) is 9.29. The molecule has 9 heteroatoms. The van der Waals surface area contributed by atoms with E-state index in [1.807, 2.05) is 0 Å². The number of carbonyl (C=O) groups excluding carboxylic acids is 1. The molecule has 1 aliphatic heterocycles. The van der Waals surface area contributed by atoms with E-state index in [-0.39, 0.29) is 31.3 Å². The number of ether oxygens (including phenoxy) is 3. The van der Waals surface area contributed by atoms with Crippen LogP contribution in [0.15, 0.2) is 41.2 Å². The Morgan fingerprint density at radius 3 is 2.84 bits per heavy atom. The number of fused-ring (bicyclic) bond motifs is 1. The minimum absolute atomic E-state index is 0.103. The van der Waals surface area contributed by atoms with Crippen LogP contribution in [0.2, 0.25) is 5.02 Å². The van der Waals surface area contributed by atoms with E-state index in [1.54, 1.807) is 37.3 Å². The monoisotopic (exact) mass is 475 g/mol. The molecule has 32 heavy (non-hydrogen) atoms. The standard InChI is InChI=1S/C23H19ClFNO5S/c1-2-30-21(27)10-20-26(11-15-8-17(24)9-16-12-29-13-31-22(15)16)23(28)19(32-20)7-14-3-5-18(25)6-4-14/h3-10H,2,11-13H2,1H3/b19-7-,20-10-. The SMILES string of the molecule is CCOC(=O)/C=c1\s/c(=C\c2ccc(F)cc2)c(=O)n1Cc1cc(Cl)cc2c1OCOC2. The summed E-state index contributed by atoms with van der Waals surface area (Å²) in [7, 11) is 0. The Labute approximate surface area is 191 Å². The van der Waals surface area contributed by atoms with Gasteiger partial charge in [-0.3, -0.25) is 9.36 Å². The van der Waals surface area contributed by atoms with Gasteiger partial charge in [0.15, 0.2) is 6.79 Å². The highest BCUT2D eigenvalue weighted by molar-refractivity contribution is 7.07. The average Bonchev–Trinajstić information content (AvgIpc) is 3.04. The molecule has 0 saturated carbocycles. The molecule has 0 N–H and O–H groups in total. The van der Waals surface area contributed by atoms with Gasteiger partial charge in [-0.2, -0.15) is 0 Å². The zero-order valence-corrected chi connectivity index (χ0v) is 18.7. The van der Waals surface area contributed by atoms with E-state index in [1.165, 1.54) is 22.8 Å². The highest BCUT2D eigenvalue weighted by Crippen LogP contribution is 2.31. The molecule has 2 aromatic carbocycles. The Balaban J connectivity index is 1.85. The molecule has 0 spiro atoms. The predicted molar refractivity (Wildman–Crippen MR) is 120 cm³/mol. The average molecular weight is 476 g/mol. The first-order valence-electron chi connectivity index (χ1n) is 9.82. The molecule has 0 atom stereocenters. The Kier molecular flexibility index (Phi) is 6.74. The maximum absolute atomic E-state index is 13.3. The first-order chi connectivity index (χ1) is 15.4. The van der Waals surface area contributed by atoms with Crippen LogP contribution in [-0.2, 0) is 27.4 Å². The third-order valence-corrected chi connectivity index (χ3v) is 5.99. The van der Waals surface area contributed by atoms with Gasteiger partial charge in [-0.05, 0) is 42.8 Å². The van der Waals surface area contributed by atoms with Crippen molar-refractivity contribution in [1.82, 2.24) is 4.57 Å². The van der Waals surface area contributed by atoms with Gasteiger partial charge in [0.25, 0.3) is 5.56 Å². The van der Waals surface area contributed by atoms with Gasteiger partial charge in [0.05, 0.1) is 30.4 Å². The van der Waals surface area contributed by atoms with Gasteiger partial charge in [0, 0.05) is 16.1 Å². The van der Waals surface area contributed by atoms with E-state index >= 15 is 0 Å². The molecular weight excluding hydrogens is 457 g/mol. The van der Waals surface area contributed by atoms with Crippen LogP contribution in [0.5, 0.6) is 5.75 Å². The summed E-state index contributed by atoms with van der Waals surface area (Å²) in [5.74, 6) is -0.296. The Morgan fingerprint density at radius 2 is 2.09 bits per heavy atom. The van der Waals surface area contributed by atoms with Gasteiger partial charge in [-0.25, -0.2) is 9.18 Å². The van der Waals surface area contributed by atoms with Crippen LogP contribution in [0.4, 0.5) is 4.39 Å². The first-order valence-corrected chi connectivity index (χ1v) is 11.0. The second-order valence-electron chi connectivity index (χ2n) is 6.95. The molecule has 2 heterocycles. The fourth-order valence-electron chi connectivity index (χ4n) is 3.33. The van der Waals surface area contributed by atoms with Crippen molar-refractivity contribution in [2.45, 2.75) is 20.1 Å². The van der Waals surface area contributed by atoms with Crippen molar-refractivity contribution in [3.05, 3.63) is 83.5 Å². The Hall–Kier alpha value is -2.94. The molecule has 0 aliphatic carbocycles. The molecule has 6 nitrogen and oxygen atoms in total. The Morgan fingerprint density at radius 1 is 1.31 bits per heavy atom. The molecule has 166 valence electrons. The maximum atomic E-state index is 13.3. The minimum Gasteiger partial charge on any atom is -0.467 e. The smallest absolute Gasteiger partial charge is 0.333 e. The van der Waals surface area contributed by atoms with Gasteiger partial charge in [0.2, 0.25) is 0 Å². The molecule has 0 radical (unpaired) electrons. The van der Waals surface area contributed by atoms with Crippen molar-refractivity contribution in [2.75, 3.05) is 13.4 Å². The van der Waals surface area contributed by atoms with Crippen LogP contribution in [0.25, 0.3) is 12.2 Å². The number of esters is 1. The van der Waals surface area contributed by atoms with Crippen molar-refractivity contribution in [1.29, 1.82) is 0 Å². The van der Waals surface area contributed by atoms with Crippen LogP contribution < -0.4 is 19.5 Å². The van der Waals surface area contributed by atoms with Gasteiger partial charge < -0.3 is 14.2 Å². The molecule has 1 aromatic heterocycles. The van der Waals surface area contributed by atoms with E-state index in [0.29, 0.717) is 37.7 Å². The lowest BCUT2D eigenvalue weighted by Gasteiger charge is -2.21. The maximum Gasteiger partial charge on any atom is 0.333 e. The van der Waals surface area contributed by atoms with Gasteiger partial charge in [-0.1, -0.05) is 23.7 Å². The number of benzene rings is 2. The van der Waals surface area contributed by atoms with E-state index in [0.717, 1.165) is 16.9 Å². The summed E-state index contributed by atoms with van der Waals surface area (Å²) in [6.07, 6.45) is 2.95. The molecule has 1 aliphatic rings. The van der Waals surface area contributed by atoms with E-state index < -0.39 is 5.97 Å². The quantitative estimate of drug-likeness (QED) is 0.531. The van der Waals surface area contributed by atoms with Crippen LogP contribution in [0, 0.1) is 5.82 Å². The van der Waals surface area contributed by atoms with Crippen LogP contribution in [0.3, 0.4) is 0 Å². The second kappa shape index (κ2) is 9.68. The van der Waals surface area contributed by atoms with E-state index in [2.05, 4.69) is 0 Å². The van der Waals surface area contributed by atoms with Crippen LogP contribution in [0.1, 0.15) is 23.6 Å². The topological polar surface area (TPSA) is 66.8 Å². The summed E-state index contributed by atoms with van der Waals surface area (Å²) in [4.78, 5) is 25.4. The first kappa shape index (κ1) is 22.3. The van der Waals surface area contributed by atoms with Crippen molar-refractivity contribution in [3.8, 4) is 5.75 Å². The molecule has 0 saturated heterocycles. The lowest BCUT2D eigenvalue weighted by atomic mass is 10.1. The van der Waals surface area contributed by atoms with Gasteiger partial charge in [0.1, 0.15) is 16.2 Å².